The second-order valence-corrected chi connectivity index (χ2v) is 6.53. The number of hydrogen-bond acceptors (Lipinski definition) is 4. The third kappa shape index (κ3) is 6.29. The lowest BCUT2D eigenvalue weighted by molar-refractivity contribution is -0.121. The van der Waals surface area contributed by atoms with E-state index in [-0.39, 0.29) is 23.9 Å². The summed E-state index contributed by atoms with van der Waals surface area (Å²) in [6.07, 6.45) is 1.28. The third-order valence-corrected chi connectivity index (χ3v) is 4.16. The van der Waals surface area contributed by atoms with Crippen LogP contribution in [0.5, 0.6) is 0 Å². The average molecular weight is 352 g/mol. The van der Waals surface area contributed by atoms with E-state index in [0.29, 0.717) is 51.4 Å². The van der Waals surface area contributed by atoms with Crippen molar-refractivity contribution < 1.29 is 18.7 Å². The number of ether oxygens (including phenoxy) is 2. The number of morpholine rings is 1. The molecule has 2 atom stereocenters. The molecule has 2 rings (SSSR count). The summed E-state index contributed by atoms with van der Waals surface area (Å²) >= 11 is 0. The minimum atomic E-state index is -0.260. The Kier molecular flexibility index (Phi) is 7.65. The molecule has 1 N–H and O–H groups in total. The number of carbonyl (C=O) groups is 1. The molecule has 0 aromatic heterocycles. The topological polar surface area (TPSA) is 50.8 Å². The Morgan fingerprint density at radius 2 is 2.08 bits per heavy atom. The van der Waals surface area contributed by atoms with Crippen LogP contribution in [-0.4, -0.2) is 44.4 Å². The summed E-state index contributed by atoms with van der Waals surface area (Å²) in [4.78, 5) is 13.8. The number of nitrogens with zero attached hydrogens (tertiary/aromatic N) is 1. The van der Waals surface area contributed by atoms with Gasteiger partial charge in [-0.15, -0.1) is 0 Å². The summed E-state index contributed by atoms with van der Waals surface area (Å²) < 4.78 is 25.4. The van der Waals surface area contributed by atoms with Crippen LogP contribution in [-0.2, 0) is 20.8 Å². The number of rotatable bonds is 8. The van der Waals surface area contributed by atoms with Crippen molar-refractivity contribution in [2.75, 3.05) is 31.2 Å². The van der Waals surface area contributed by atoms with E-state index in [4.69, 9.17) is 9.47 Å². The fraction of sp³-hybridized carbons (Fsp3) is 0.632. The largest absolute Gasteiger partial charge is 0.382 e. The summed E-state index contributed by atoms with van der Waals surface area (Å²) in [5, 5.41) is 2.82. The predicted molar refractivity (Wildman–Crippen MR) is 96.2 cm³/mol. The first kappa shape index (κ1) is 19.7. The number of benzene rings is 1. The monoisotopic (exact) mass is 352 g/mol. The van der Waals surface area contributed by atoms with Gasteiger partial charge in [0.2, 0.25) is 5.91 Å². The Labute approximate surface area is 149 Å². The van der Waals surface area contributed by atoms with Gasteiger partial charge < -0.3 is 19.7 Å². The lowest BCUT2D eigenvalue weighted by Crippen LogP contribution is -2.45. The smallest absolute Gasteiger partial charge is 0.220 e. The first-order valence-corrected chi connectivity index (χ1v) is 9.02. The van der Waals surface area contributed by atoms with Crippen molar-refractivity contribution in [3.05, 3.63) is 29.6 Å². The lowest BCUT2D eigenvalue weighted by Gasteiger charge is -2.37. The van der Waals surface area contributed by atoms with Crippen molar-refractivity contribution in [3.63, 3.8) is 0 Å². The lowest BCUT2D eigenvalue weighted by atomic mass is 10.1. The Morgan fingerprint density at radius 3 is 2.72 bits per heavy atom. The van der Waals surface area contributed by atoms with E-state index in [1.165, 1.54) is 6.07 Å². The van der Waals surface area contributed by atoms with Crippen LogP contribution in [0, 0.1) is 5.82 Å². The van der Waals surface area contributed by atoms with E-state index < -0.39 is 0 Å². The van der Waals surface area contributed by atoms with Gasteiger partial charge in [-0.1, -0.05) is 6.07 Å². The van der Waals surface area contributed by atoms with Gasteiger partial charge in [0.15, 0.2) is 0 Å². The Bertz CT molecular complexity index is 558. The van der Waals surface area contributed by atoms with Gasteiger partial charge in [0.05, 0.1) is 17.9 Å². The highest BCUT2D eigenvalue weighted by molar-refractivity contribution is 5.75. The first-order chi connectivity index (χ1) is 12.0. The van der Waals surface area contributed by atoms with Crippen molar-refractivity contribution >= 4 is 11.6 Å². The molecule has 1 aliphatic rings. The van der Waals surface area contributed by atoms with Gasteiger partial charge in [0.25, 0.3) is 0 Å². The molecule has 0 unspecified atom stereocenters. The molecule has 0 spiro atoms. The standard InChI is InChI=1S/C19H29FN2O3/c1-4-24-9-5-6-19(23)21-11-16-7-8-18(17(20)10-16)22-12-14(2)25-15(3)13-22/h7-8,10,14-15H,4-6,9,11-13H2,1-3H3,(H,21,23)/t14-,15+. The molecule has 1 saturated heterocycles. The van der Waals surface area contributed by atoms with Gasteiger partial charge in [-0.25, -0.2) is 4.39 Å². The molecule has 5 nitrogen and oxygen atoms in total. The number of hydrogen-bond donors (Lipinski definition) is 1. The maximum Gasteiger partial charge on any atom is 0.220 e. The van der Waals surface area contributed by atoms with E-state index in [9.17, 15) is 9.18 Å². The van der Waals surface area contributed by atoms with Crippen LogP contribution in [0.4, 0.5) is 10.1 Å². The normalized spacial score (nSPS) is 20.6. The summed E-state index contributed by atoms with van der Waals surface area (Å²) in [6, 6.07) is 5.15. The van der Waals surface area contributed by atoms with E-state index in [0.717, 1.165) is 5.56 Å². The number of carbonyl (C=O) groups excluding carboxylic acids is 1. The SMILES string of the molecule is CCOCCCC(=O)NCc1ccc(N2C[C@@H](C)O[C@@H](C)C2)c(F)c1. The zero-order chi connectivity index (χ0) is 18.2. The molecule has 1 aliphatic heterocycles. The third-order valence-electron chi connectivity index (χ3n) is 4.16. The molecule has 1 amide bonds. The quantitative estimate of drug-likeness (QED) is 0.731. The fourth-order valence-corrected chi connectivity index (χ4v) is 3.06. The summed E-state index contributed by atoms with van der Waals surface area (Å²) in [5.74, 6) is -0.301. The molecule has 6 heteroatoms. The van der Waals surface area contributed by atoms with Gasteiger partial charge in [-0.2, -0.15) is 0 Å². The van der Waals surface area contributed by atoms with Crippen LogP contribution in [0.25, 0.3) is 0 Å². The Balaban J connectivity index is 1.85. The molecule has 0 saturated carbocycles. The molecule has 140 valence electrons. The van der Waals surface area contributed by atoms with E-state index in [2.05, 4.69) is 5.32 Å². The maximum absolute atomic E-state index is 14.5. The summed E-state index contributed by atoms with van der Waals surface area (Å²) in [5.41, 5.74) is 1.35. The van der Waals surface area contributed by atoms with Crippen molar-refractivity contribution in [3.8, 4) is 0 Å². The molecule has 1 heterocycles. The number of halogens is 1. The summed E-state index contributed by atoms with van der Waals surface area (Å²) in [6.45, 7) is 8.86. The van der Waals surface area contributed by atoms with Crippen molar-refractivity contribution in [2.24, 2.45) is 0 Å². The fourth-order valence-electron chi connectivity index (χ4n) is 3.06. The van der Waals surface area contributed by atoms with Gasteiger partial charge >= 0.3 is 0 Å². The molecule has 1 aromatic carbocycles. The van der Waals surface area contributed by atoms with Crippen molar-refractivity contribution in [2.45, 2.75) is 52.4 Å². The van der Waals surface area contributed by atoms with Crippen LogP contribution in [0.2, 0.25) is 0 Å². The van der Waals surface area contributed by atoms with E-state index >= 15 is 0 Å². The molecule has 0 bridgehead atoms. The maximum atomic E-state index is 14.5. The molecule has 0 radical (unpaired) electrons. The average Bonchev–Trinajstić information content (AvgIpc) is 2.56. The van der Waals surface area contributed by atoms with Crippen LogP contribution in [0.15, 0.2) is 18.2 Å². The molecular formula is C19H29FN2O3. The highest BCUT2D eigenvalue weighted by atomic mass is 19.1. The van der Waals surface area contributed by atoms with Gasteiger partial charge in [0.1, 0.15) is 5.82 Å². The van der Waals surface area contributed by atoms with Crippen LogP contribution >= 0.6 is 0 Å². The first-order valence-electron chi connectivity index (χ1n) is 9.02. The minimum Gasteiger partial charge on any atom is -0.382 e. The number of nitrogens with one attached hydrogen (secondary N) is 1. The molecule has 0 aliphatic carbocycles. The molecule has 1 aromatic rings. The Morgan fingerprint density at radius 1 is 1.36 bits per heavy atom. The van der Waals surface area contributed by atoms with Gasteiger partial charge in [0, 0.05) is 39.3 Å². The van der Waals surface area contributed by atoms with Crippen molar-refractivity contribution in [1.82, 2.24) is 5.32 Å². The zero-order valence-electron chi connectivity index (χ0n) is 15.4. The number of amides is 1. The second-order valence-electron chi connectivity index (χ2n) is 6.53. The highest BCUT2D eigenvalue weighted by Crippen LogP contribution is 2.24. The van der Waals surface area contributed by atoms with Crippen LogP contribution < -0.4 is 10.2 Å². The van der Waals surface area contributed by atoms with Crippen LogP contribution in [0.1, 0.15) is 39.2 Å². The molecule has 1 fully saturated rings. The second kappa shape index (κ2) is 9.73. The molecular weight excluding hydrogens is 323 g/mol. The van der Waals surface area contributed by atoms with E-state index in [1.807, 2.05) is 31.7 Å². The minimum absolute atomic E-state index is 0.0417. The predicted octanol–water partition coefficient (Wildman–Crippen LogP) is 2.87. The summed E-state index contributed by atoms with van der Waals surface area (Å²) in [7, 11) is 0. The van der Waals surface area contributed by atoms with Gasteiger partial charge in [-0.3, -0.25) is 4.79 Å². The van der Waals surface area contributed by atoms with Crippen molar-refractivity contribution in [1.29, 1.82) is 0 Å². The Hall–Kier alpha value is -1.66. The van der Waals surface area contributed by atoms with E-state index in [1.54, 1.807) is 6.07 Å². The number of anilines is 1. The zero-order valence-corrected chi connectivity index (χ0v) is 15.4. The highest BCUT2D eigenvalue weighted by Gasteiger charge is 2.24. The van der Waals surface area contributed by atoms with Gasteiger partial charge in [-0.05, 0) is 44.9 Å². The molecule has 25 heavy (non-hydrogen) atoms. The van der Waals surface area contributed by atoms with Crippen LogP contribution in [0.3, 0.4) is 0 Å².